The summed E-state index contributed by atoms with van der Waals surface area (Å²) >= 11 is 0. The summed E-state index contributed by atoms with van der Waals surface area (Å²) in [5, 5.41) is 2.73. The van der Waals surface area contributed by atoms with E-state index in [0.29, 0.717) is 6.54 Å². The highest BCUT2D eigenvalue weighted by Gasteiger charge is 1.86. The maximum atomic E-state index is 3.95. The van der Waals surface area contributed by atoms with E-state index in [4.69, 9.17) is 0 Å². The highest BCUT2D eigenvalue weighted by atomic mass is 14.9. The summed E-state index contributed by atoms with van der Waals surface area (Å²) < 4.78 is 0. The molecule has 0 aliphatic rings. The molecule has 0 aliphatic heterocycles. The van der Waals surface area contributed by atoms with Gasteiger partial charge in [-0.2, -0.15) is 0 Å². The third kappa shape index (κ3) is 1.07. The maximum absolute atomic E-state index is 3.95. The van der Waals surface area contributed by atoms with E-state index in [2.05, 4.69) is 22.3 Å². The Labute approximate surface area is 48.1 Å². The topological polar surface area (TPSA) is 40.7 Å². The summed E-state index contributed by atoms with van der Waals surface area (Å²) in [4.78, 5) is 6.87. The Bertz CT molecular complexity index is 133. The van der Waals surface area contributed by atoms with Crippen molar-refractivity contribution in [1.29, 1.82) is 0 Å². The summed E-state index contributed by atoms with van der Waals surface area (Å²) in [5.74, 6) is 0.917. The summed E-state index contributed by atoms with van der Waals surface area (Å²) in [6, 6.07) is 0. The third-order valence-corrected chi connectivity index (χ3v) is 0.847. The van der Waals surface area contributed by atoms with Gasteiger partial charge in [0.25, 0.3) is 0 Å². The van der Waals surface area contributed by atoms with Crippen molar-refractivity contribution < 1.29 is 0 Å². The first kappa shape index (κ1) is 5.31. The zero-order chi connectivity index (χ0) is 5.82. The van der Waals surface area contributed by atoms with E-state index in [1.165, 1.54) is 0 Å². The average Bonchev–Trinajstić information content (AvgIpc) is 2.19. The van der Waals surface area contributed by atoms with Crippen LogP contribution in [0.2, 0.25) is 0 Å². The Morgan fingerprint density at radius 3 is 3.25 bits per heavy atom. The second-order valence-electron chi connectivity index (χ2n) is 1.46. The molecule has 0 bridgehead atoms. The lowest BCUT2D eigenvalue weighted by Crippen LogP contribution is -2.03. The van der Waals surface area contributed by atoms with Gasteiger partial charge in [0.15, 0.2) is 0 Å². The number of nitrogens with zero attached hydrogens (tertiary/aromatic N) is 1. The van der Waals surface area contributed by atoms with Crippen LogP contribution in [0.1, 0.15) is 5.82 Å². The summed E-state index contributed by atoms with van der Waals surface area (Å²) in [5.41, 5.74) is 0. The fourth-order valence-corrected chi connectivity index (χ4v) is 0.513. The first-order chi connectivity index (χ1) is 3.93. The molecule has 0 unspecified atom stereocenters. The maximum Gasteiger partial charge on any atom is 0.120 e. The summed E-state index contributed by atoms with van der Waals surface area (Å²) in [7, 11) is 3.45. The lowest BCUT2D eigenvalue weighted by molar-refractivity contribution is 0.809. The normalized spacial score (nSPS) is 9.62. The molecular formula is C5H8N3. The van der Waals surface area contributed by atoms with Crippen LogP contribution in [-0.4, -0.2) is 9.97 Å². The van der Waals surface area contributed by atoms with Gasteiger partial charge in [0.05, 0.1) is 6.54 Å². The molecule has 1 aromatic heterocycles. The summed E-state index contributed by atoms with van der Waals surface area (Å²) in [6.07, 6.45) is 3.50. The van der Waals surface area contributed by atoms with Crippen LogP contribution in [0.25, 0.3) is 0 Å². The number of nitrogens with one attached hydrogen (secondary N) is 2. The van der Waals surface area contributed by atoms with Gasteiger partial charge in [0.2, 0.25) is 0 Å². The van der Waals surface area contributed by atoms with Crippen molar-refractivity contribution in [2.24, 2.45) is 0 Å². The standard InChI is InChI=1S/C5H8N3/c1-6-4-5-7-2-3-8-5/h2-3,6H,1,4H2,(H,7,8). The second kappa shape index (κ2) is 2.47. The smallest absolute Gasteiger partial charge is 0.120 e. The Morgan fingerprint density at radius 1 is 1.88 bits per heavy atom. The predicted octanol–water partition coefficient (Wildman–Crippen LogP) is 0.291. The largest absolute Gasteiger partial charge is 0.348 e. The molecule has 43 valence electrons. The van der Waals surface area contributed by atoms with Gasteiger partial charge >= 0.3 is 0 Å². The van der Waals surface area contributed by atoms with Crippen LogP contribution < -0.4 is 5.32 Å². The Morgan fingerprint density at radius 2 is 2.75 bits per heavy atom. The average molecular weight is 110 g/mol. The molecule has 8 heavy (non-hydrogen) atoms. The Balaban J connectivity index is 2.50. The molecule has 0 spiro atoms. The van der Waals surface area contributed by atoms with E-state index in [9.17, 15) is 0 Å². The number of H-pyrrole nitrogens is 1. The molecule has 0 atom stereocenters. The van der Waals surface area contributed by atoms with Crippen molar-refractivity contribution >= 4 is 0 Å². The van der Waals surface area contributed by atoms with Gasteiger partial charge in [-0.25, -0.2) is 4.98 Å². The van der Waals surface area contributed by atoms with Crippen molar-refractivity contribution in [2.75, 3.05) is 0 Å². The van der Waals surface area contributed by atoms with Crippen LogP contribution in [0, 0.1) is 7.05 Å². The van der Waals surface area contributed by atoms with E-state index in [1.54, 1.807) is 12.4 Å². The van der Waals surface area contributed by atoms with E-state index in [0.717, 1.165) is 5.82 Å². The molecule has 1 aromatic rings. The van der Waals surface area contributed by atoms with Crippen molar-refractivity contribution in [3.05, 3.63) is 25.3 Å². The fourth-order valence-electron chi connectivity index (χ4n) is 0.513. The van der Waals surface area contributed by atoms with Gasteiger partial charge < -0.3 is 10.3 Å². The van der Waals surface area contributed by atoms with Crippen LogP contribution in [0.4, 0.5) is 0 Å². The molecule has 3 nitrogen and oxygen atoms in total. The SMILES string of the molecule is [CH2]NCc1ncc[nH]1. The predicted molar refractivity (Wildman–Crippen MR) is 30.8 cm³/mol. The number of hydrogen-bond acceptors (Lipinski definition) is 2. The number of hydrogen-bond donors (Lipinski definition) is 2. The van der Waals surface area contributed by atoms with E-state index < -0.39 is 0 Å². The van der Waals surface area contributed by atoms with Gasteiger partial charge in [0.1, 0.15) is 5.82 Å². The van der Waals surface area contributed by atoms with E-state index >= 15 is 0 Å². The summed E-state index contributed by atoms with van der Waals surface area (Å²) in [6.45, 7) is 0.701. The monoisotopic (exact) mass is 110 g/mol. The van der Waals surface area contributed by atoms with Crippen LogP contribution in [0.5, 0.6) is 0 Å². The van der Waals surface area contributed by atoms with Crippen molar-refractivity contribution in [3.8, 4) is 0 Å². The fraction of sp³-hybridized carbons (Fsp3) is 0.200. The quantitative estimate of drug-likeness (QED) is 0.574. The van der Waals surface area contributed by atoms with Crippen LogP contribution in [0.15, 0.2) is 12.4 Å². The first-order valence-electron chi connectivity index (χ1n) is 2.41. The van der Waals surface area contributed by atoms with Gasteiger partial charge in [-0.1, -0.05) is 0 Å². The molecule has 1 rings (SSSR count). The molecular weight excluding hydrogens is 102 g/mol. The molecule has 0 saturated heterocycles. The Hall–Kier alpha value is -0.830. The van der Waals surface area contributed by atoms with Crippen LogP contribution in [-0.2, 0) is 6.54 Å². The van der Waals surface area contributed by atoms with Gasteiger partial charge in [0, 0.05) is 19.4 Å². The number of rotatable bonds is 2. The number of imidazole rings is 1. The van der Waals surface area contributed by atoms with Gasteiger partial charge in [-0.3, -0.25) is 0 Å². The van der Waals surface area contributed by atoms with Crippen molar-refractivity contribution in [3.63, 3.8) is 0 Å². The minimum atomic E-state index is 0.701. The highest BCUT2D eigenvalue weighted by molar-refractivity contribution is 4.85. The van der Waals surface area contributed by atoms with Gasteiger partial charge in [-0.15, -0.1) is 0 Å². The molecule has 2 N–H and O–H groups in total. The molecule has 3 heteroatoms. The van der Waals surface area contributed by atoms with Gasteiger partial charge in [-0.05, 0) is 0 Å². The molecule has 0 aromatic carbocycles. The first-order valence-corrected chi connectivity index (χ1v) is 2.41. The molecule has 1 heterocycles. The molecule has 0 saturated carbocycles. The zero-order valence-corrected chi connectivity index (χ0v) is 4.52. The van der Waals surface area contributed by atoms with E-state index in [1.807, 2.05) is 0 Å². The molecule has 0 fully saturated rings. The lowest BCUT2D eigenvalue weighted by atomic mass is 10.6. The molecule has 0 amide bonds. The molecule has 1 radical (unpaired) electrons. The van der Waals surface area contributed by atoms with Crippen LogP contribution >= 0.6 is 0 Å². The highest BCUT2D eigenvalue weighted by Crippen LogP contribution is 1.84. The van der Waals surface area contributed by atoms with Crippen molar-refractivity contribution in [1.82, 2.24) is 15.3 Å². The number of aromatic nitrogens is 2. The second-order valence-corrected chi connectivity index (χ2v) is 1.46. The molecule has 0 aliphatic carbocycles. The third-order valence-electron chi connectivity index (χ3n) is 0.847. The minimum absolute atomic E-state index is 0.701. The zero-order valence-electron chi connectivity index (χ0n) is 4.52. The lowest BCUT2D eigenvalue weighted by Gasteiger charge is -1.88. The Kier molecular flexibility index (Phi) is 1.64. The van der Waals surface area contributed by atoms with Crippen molar-refractivity contribution in [2.45, 2.75) is 6.54 Å². The van der Waals surface area contributed by atoms with Crippen LogP contribution in [0.3, 0.4) is 0 Å². The van der Waals surface area contributed by atoms with E-state index in [-0.39, 0.29) is 0 Å². The minimum Gasteiger partial charge on any atom is -0.348 e. The number of aromatic amines is 1.